The van der Waals surface area contributed by atoms with Crippen molar-refractivity contribution in [3.05, 3.63) is 53.6 Å². The highest BCUT2D eigenvalue weighted by Gasteiger charge is 2.28. The van der Waals surface area contributed by atoms with Crippen molar-refractivity contribution in [2.75, 3.05) is 25.9 Å². The summed E-state index contributed by atoms with van der Waals surface area (Å²) in [5.41, 5.74) is 7.45. The molecule has 1 aliphatic heterocycles. The second-order valence-corrected chi connectivity index (χ2v) is 10.8. The minimum absolute atomic E-state index is 0.129. The number of sulfone groups is 1. The van der Waals surface area contributed by atoms with Crippen LogP contribution in [0.4, 0.5) is 5.13 Å². The van der Waals surface area contributed by atoms with Crippen molar-refractivity contribution in [1.29, 1.82) is 0 Å². The monoisotopic (exact) mass is 473 g/mol. The maximum absolute atomic E-state index is 12.9. The van der Waals surface area contributed by atoms with Crippen LogP contribution in [-0.4, -0.2) is 50.4 Å². The second-order valence-electron chi connectivity index (χ2n) is 7.73. The van der Waals surface area contributed by atoms with Crippen LogP contribution in [0.15, 0.2) is 47.4 Å². The highest BCUT2D eigenvalue weighted by Crippen LogP contribution is 2.28. The second kappa shape index (κ2) is 8.87. The van der Waals surface area contributed by atoms with Crippen molar-refractivity contribution in [3.8, 4) is 0 Å². The third-order valence-electron chi connectivity index (χ3n) is 5.61. The summed E-state index contributed by atoms with van der Waals surface area (Å²) in [6.45, 7) is 0.971. The average molecular weight is 474 g/mol. The maximum atomic E-state index is 12.9. The summed E-state index contributed by atoms with van der Waals surface area (Å²) in [6, 6.07) is 11.4. The molecule has 8 nitrogen and oxygen atoms in total. The molecule has 1 saturated heterocycles. The Morgan fingerprint density at radius 2 is 1.84 bits per heavy atom. The fourth-order valence-corrected chi connectivity index (χ4v) is 6.05. The topological polar surface area (TPSA) is 120 Å². The third kappa shape index (κ3) is 4.61. The van der Waals surface area contributed by atoms with Crippen LogP contribution in [0, 0.1) is 5.92 Å². The predicted molar refractivity (Wildman–Crippen MR) is 122 cm³/mol. The lowest BCUT2D eigenvalue weighted by Gasteiger charge is -2.30. The van der Waals surface area contributed by atoms with Gasteiger partial charge in [-0.2, -0.15) is 0 Å². The van der Waals surface area contributed by atoms with Gasteiger partial charge in [-0.25, -0.2) is 13.4 Å². The van der Waals surface area contributed by atoms with Crippen molar-refractivity contribution in [2.45, 2.75) is 23.5 Å². The molecule has 1 aromatic heterocycles. The molecule has 4 rings (SSSR count). The quantitative estimate of drug-likeness (QED) is 0.566. The lowest BCUT2D eigenvalue weighted by molar-refractivity contribution is -0.146. The minimum Gasteiger partial charge on any atom is -0.469 e. The van der Waals surface area contributed by atoms with Gasteiger partial charge in [0.05, 0.1) is 33.9 Å². The fourth-order valence-electron chi connectivity index (χ4n) is 3.83. The zero-order chi connectivity index (χ0) is 22.9. The molecule has 0 spiro atoms. The maximum Gasteiger partial charge on any atom is 0.308 e. The molecule has 1 aliphatic rings. The Morgan fingerprint density at radius 1 is 1.16 bits per heavy atom. The van der Waals surface area contributed by atoms with Crippen molar-refractivity contribution >= 4 is 48.4 Å². The molecule has 3 aromatic rings. The molecule has 1 amide bonds. The molecule has 32 heavy (non-hydrogen) atoms. The normalized spacial score (nSPS) is 15.1. The number of carbonyl (C=O) groups is 2. The molecule has 168 valence electrons. The van der Waals surface area contributed by atoms with Crippen LogP contribution in [0.5, 0.6) is 0 Å². The molecule has 0 atom stereocenters. The van der Waals surface area contributed by atoms with E-state index in [1.807, 2.05) is 0 Å². The fraction of sp³-hybridized carbons (Fsp3) is 0.318. The molecule has 2 heterocycles. The number of methoxy groups -OCH3 is 1. The number of piperidine rings is 1. The van der Waals surface area contributed by atoms with Crippen LogP contribution in [0.25, 0.3) is 10.2 Å². The highest BCUT2D eigenvalue weighted by molar-refractivity contribution is 7.90. The van der Waals surface area contributed by atoms with E-state index in [4.69, 9.17) is 10.5 Å². The number of likely N-dealkylation sites (tertiary alicyclic amines) is 1. The molecular formula is C22H23N3O5S2. The van der Waals surface area contributed by atoms with Crippen molar-refractivity contribution in [3.63, 3.8) is 0 Å². The van der Waals surface area contributed by atoms with E-state index in [1.54, 1.807) is 41.3 Å². The van der Waals surface area contributed by atoms with Gasteiger partial charge in [-0.15, -0.1) is 0 Å². The highest BCUT2D eigenvalue weighted by atomic mass is 32.2. The number of aromatic nitrogens is 1. The van der Waals surface area contributed by atoms with Gasteiger partial charge in [-0.05, 0) is 48.7 Å². The van der Waals surface area contributed by atoms with E-state index in [-0.39, 0.29) is 28.4 Å². The number of nitrogens with two attached hydrogens (primary N) is 1. The summed E-state index contributed by atoms with van der Waals surface area (Å²) < 4.78 is 31.2. The molecule has 0 unspecified atom stereocenters. The van der Waals surface area contributed by atoms with Crippen LogP contribution in [0.3, 0.4) is 0 Å². The van der Waals surface area contributed by atoms with E-state index in [1.165, 1.54) is 24.5 Å². The first-order chi connectivity index (χ1) is 15.3. The van der Waals surface area contributed by atoms with Crippen LogP contribution >= 0.6 is 11.3 Å². The molecule has 2 N–H and O–H groups in total. The average Bonchev–Trinajstić information content (AvgIpc) is 3.17. The number of hydrogen-bond donors (Lipinski definition) is 1. The van der Waals surface area contributed by atoms with Gasteiger partial charge in [0.1, 0.15) is 0 Å². The first-order valence-electron chi connectivity index (χ1n) is 10.1. The Balaban J connectivity index is 1.43. The van der Waals surface area contributed by atoms with Gasteiger partial charge in [0.2, 0.25) is 0 Å². The minimum atomic E-state index is -3.57. The third-order valence-corrected chi connectivity index (χ3v) is 8.14. The standard InChI is InChI=1S/C22H23N3O5S2/c1-30-21(27)16-8-10-25(11-9-16)20(26)15-4-2-14(3-5-15)13-32(28,29)17-6-7-18-19(12-17)31-22(23)24-18/h2-7,12,16H,8-11,13H2,1H3,(H2,23,24). The van der Waals surface area contributed by atoms with Gasteiger partial charge in [0, 0.05) is 18.7 Å². The first kappa shape index (κ1) is 22.2. The summed E-state index contributed by atoms with van der Waals surface area (Å²) in [5.74, 6) is -0.708. The Kier molecular flexibility index (Phi) is 6.16. The van der Waals surface area contributed by atoms with E-state index in [2.05, 4.69) is 4.98 Å². The van der Waals surface area contributed by atoms with Gasteiger partial charge >= 0.3 is 5.97 Å². The largest absolute Gasteiger partial charge is 0.469 e. The molecule has 2 aromatic carbocycles. The molecule has 0 aliphatic carbocycles. The number of fused-ring (bicyclic) bond motifs is 1. The first-order valence-corrected chi connectivity index (χ1v) is 12.6. The number of anilines is 1. The Morgan fingerprint density at radius 3 is 2.50 bits per heavy atom. The number of benzene rings is 2. The number of esters is 1. The molecular weight excluding hydrogens is 450 g/mol. The van der Waals surface area contributed by atoms with E-state index >= 15 is 0 Å². The zero-order valence-corrected chi connectivity index (χ0v) is 19.1. The van der Waals surface area contributed by atoms with E-state index < -0.39 is 9.84 Å². The van der Waals surface area contributed by atoms with Crippen molar-refractivity contribution < 1.29 is 22.7 Å². The SMILES string of the molecule is COC(=O)C1CCN(C(=O)c2ccc(CS(=O)(=O)c3ccc4nc(N)sc4c3)cc2)CC1. The molecule has 0 saturated carbocycles. The van der Waals surface area contributed by atoms with Gasteiger partial charge in [-0.1, -0.05) is 23.5 Å². The summed E-state index contributed by atoms with van der Waals surface area (Å²) in [4.78, 5) is 30.5. The van der Waals surface area contributed by atoms with E-state index in [0.29, 0.717) is 47.7 Å². The van der Waals surface area contributed by atoms with Crippen LogP contribution in [0.1, 0.15) is 28.8 Å². The number of nitrogens with zero attached hydrogens (tertiary/aromatic N) is 2. The number of thiazole rings is 1. The Labute approximate surface area is 189 Å². The number of hydrogen-bond acceptors (Lipinski definition) is 8. The van der Waals surface area contributed by atoms with Crippen molar-refractivity contribution in [2.24, 2.45) is 5.92 Å². The summed E-state index contributed by atoms with van der Waals surface area (Å²) in [6.07, 6.45) is 1.15. The lowest BCUT2D eigenvalue weighted by atomic mass is 9.96. The van der Waals surface area contributed by atoms with Gasteiger partial charge in [0.15, 0.2) is 15.0 Å². The number of amides is 1. The molecule has 10 heteroatoms. The van der Waals surface area contributed by atoms with Crippen LogP contribution in [-0.2, 0) is 25.1 Å². The Bertz CT molecular complexity index is 1260. The lowest BCUT2D eigenvalue weighted by Crippen LogP contribution is -2.40. The number of carbonyl (C=O) groups excluding carboxylic acids is 2. The molecule has 0 radical (unpaired) electrons. The van der Waals surface area contributed by atoms with E-state index in [0.717, 1.165) is 4.70 Å². The van der Waals surface area contributed by atoms with Crippen LogP contribution < -0.4 is 5.73 Å². The molecule has 0 bridgehead atoms. The van der Waals surface area contributed by atoms with Gasteiger partial charge < -0.3 is 15.4 Å². The van der Waals surface area contributed by atoms with Gasteiger partial charge in [0.25, 0.3) is 5.91 Å². The van der Waals surface area contributed by atoms with Crippen molar-refractivity contribution in [1.82, 2.24) is 9.88 Å². The zero-order valence-electron chi connectivity index (χ0n) is 17.5. The van der Waals surface area contributed by atoms with Crippen LogP contribution in [0.2, 0.25) is 0 Å². The summed E-state index contributed by atoms with van der Waals surface area (Å²) >= 11 is 1.24. The number of rotatable bonds is 5. The summed E-state index contributed by atoms with van der Waals surface area (Å²) in [7, 11) is -2.20. The number of ether oxygens (including phenoxy) is 1. The summed E-state index contributed by atoms with van der Waals surface area (Å²) in [5, 5.41) is 0.393. The smallest absolute Gasteiger partial charge is 0.308 e. The van der Waals surface area contributed by atoms with E-state index in [9.17, 15) is 18.0 Å². The Hall–Kier alpha value is -2.98. The molecule has 1 fully saturated rings. The number of nitrogen functional groups attached to an aromatic ring is 1. The predicted octanol–water partition coefficient (Wildman–Crippen LogP) is 2.88. The van der Waals surface area contributed by atoms with Gasteiger partial charge in [-0.3, -0.25) is 9.59 Å².